The van der Waals surface area contributed by atoms with E-state index in [-0.39, 0.29) is 5.82 Å². The summed E-state index contributed by atoms with van der Waals surface area (Å²) in [6.07, 6.45) is -3.11. The summed E-state index contributed by atoms with van der Waals surface area (Å²) in [7, 11) is 0. The number of benzene rings is 2. The molecule has 1 aromatic heterocycles. The number of alkyl halides is 3. The van der Waals surface area contributed by atoms with Crippen LogP contribution in [0.2, 0.25) is 0 Å². The van der Waals surface area contributed by atoms with Gasteiger partial charge in [-0.1, -0.05) is 60.2 Å². The molecule has 3 rings (SSSR count). The maximum atomic E-state index is 13.3. The Bertz CT molecular complexity index is 828. The monoisotopic (exact) mass is 342 g/mol. The molecule has 25 heavy (non-hydrogen) atoms. The van der Waals surface area contributed by atoms with Crippen molar-refractivity contribution in [1.29, 1.82) is 0 Å². The molecule has 2 aromatic carbocycles. The van der Waals surface area contributed by atoms with Crippen molar-refractivity contribution < 1.29 is 13.2 Å². The van der Waals surface area contributed by atoms with E-state index in [1.807, 2.05) is 61.5 Å². The van der Waals surface area contributed by atoms with Crippen LogP contribution in [0.3, 0.4) is 0 Å². The molecule has 128 valence electrons. The molecule has 0 bridgehead atoms. The molecule has 3 aromatic rings. The number of aryl methyl sites for hydroxylation is 1. The van der Waals surface area contributed by atoms with Gasteiger partial charge in [-0.3, -0.25) is 0 Å². The quantitative estimate of drug-likeness (QED) is 0.666. The van der Waals surface area contributed by atoms with Gasteiger partial charge in [-0.2, -0.15) is 13.2 Å². The molecule has 0 amide bonds. The van der Waals surface area contributed by atoms with Gasteiger partial charge in [-0.25, -0.2) is 4.98 Å². The van der Waals surface area contributed by atoms with Crippen molar-refractivity contribution in [3.8, 4) is 0 Å². The number of aromatic nitrogens is 1. The molecule has 0 fully saturated rings. The lowest BCUT2D eigenvalue weighted by molar-refractivity contribution is -0.137. The summed E-state index contributed by atoms with van der Waals surface area (Å²) in [6.45, 7) is 1.97. The largest absolute Gasteiger partial charge is 0.419 e. The van der Waals surface area contributed by atoms with Crippen LogP contribution in [0.25, 0.3) is 0 Å². The Morgan fingerprint density at radius 2 is 1.48 bits per heavy atom. The predicted octanol–water partition coefficient (Wildman–Crippen LogP) is 5.61. The second-order valence-electron chi connectivity index (χ2n) is 5.80. The zero-order chi connectivity index (χ0) is 17.9. The minimum Gasteiger partial charge on any atom is -0.359 e. The van der Waals surface area contributed by atoms with Gasteiger partial charge in [0.25, 0.3) is 0 Å². The van der Waals surface area contributed by atoms with Gasteiger partial charge in [-0.15, -0.1) is 0 Å². The Morgan fingerprint density at radius 1 is 0.840 bits per heavy atom. The summed E-state index contributed by atoms with van der Waals surface area (Å²) in [4.78, 5) is 3.92. The molecule has 0 aliphatic carbocycles. The van der Waals surface area contributed by atoms with Crippen LogP contribution < -0.4 is 5.32 Å². The summed E-state index contributed by atoms with van der Waals surface area (Å²) in [5, 5.41) is 2.98. The number of pyridine rings is 1. The maximum absolute atomic E-state index is 13.3. The molecular formula is C20H17F3N2. The fourth-order valence-electron chi connectivity index (χ4n) is 2.65. The zero-order valence-electron chi connectivity index (χ0n) is 13.6. The number of nitrogens with one attached hydrogen (secondary N) is 1. The topological polar surface area (TPSA) is 24.9 Å². The Morgan fingerprint density at radius 3 is 2.12 bits per heavy atom. The van der Waals surface area contributed by atoms with Gasteiger partial charge in [0.05, 0.1) is 11.6 Å². The Balaban J connectivity index is 2.04. The van der Waals surface area contributed by atoms with E-state index in [0.29, 0.717) is 0 Å². The average molecular weight is 342 g/mol. The van der Waals surface area contributed by atoms with Crippen LogP contribution >= 0.6 is 0 Å². The Kier molecular flexibility index (Phi) is 4.74. The highest BCUT2D eigenvalue weighted by Gasteiger charge is 2.34. The van der Waals surface area contributed by atoms with Gasteiger partial charge in [0.2, 0.25) is 0 Å². The van der Waals surface area contributed by atoms with Gasteiger partial charge < -0.3 is 5.32 Å². The molecule has 0 aliphatic heterocycles. The molecule has 0 aliphatic rings. The molecule has 2 nitrogen and oxygen atoms in total. The van der Waals surface area contributed by atoms with Crippen molar-refractivity contribution in [2.45, 2.75) is 19.1 Å². The van der Waals surface area contributed by atoms with Crippen LogP contribution in [-0.4, -0.2) is 4.98 Å². The Hall–Kier alpha value is -2.82. The average Bonchev–Trinajstić information content (AvgIpc) is 2.61. The SMILES string of the molecule is Cc1ccc(C(Nc2ncccc2C(F)(F)F)c2ccccc2)cc1. The summed E-state index contributed by atoms with van der Waals surface area (Å²) in [6, 6.07) is 19.0. The number of rotatable bonds is 4. The first-order chi connectivity index (χ1) is 11.9. The first kappa shape index (κ1) is 17.0. The minimum atomic E-state index is -4.47. The zero-order valence-corrected chi connectivity index (χ0v) is 13.6. The third-order valence-corrected chi connectivity index (χ3v) is 3.94. The fourth-order valence-corrected chi connectivity index (χ4v) is 2.65. The molecule has 1 heterocycles. The molecule has 1 N–H and O–H groups in total. The van der Waals surface area contributed by atoms with Crippen LogP contribution in [0, 0.1) is 6.92 Å². The van der Waals surface area contributed by atoms with Crippen LogP contribution in [-0.2, 0) is 6.18 Å². The van der Waals surface area contributed by atoms with E-state index < -0.39 is 17.8 Å². The molecule has 0 spiro atoms. The van der Waals surface area contributed by atoms with E-state index in [9.17, 15) is 13.2 Å². The summed E-state index contributed by atoms with van der Waals surface area (Å²) < 4.78 is 39.8. The third kappa shape index (κ3) is 3.99. The van der Waals surface area contributed by atoms with Gasteiger partial charge in [0, 0.05) is 6.20 Å². The molecule has 5 heteroatoms. The lowest BCUT2D eigenvalue weighted by atomic mass is 9.97. The molecule has 0 saturated carbocycles. The van der Waals surface area contributed by atoms with E-state index in [0.717, 1.165) is 22.8 Å². The second-order valence-corrected chi connectivity index (χ2v) is 5.80. The first-order valence-corrected chi connectivity index (χ1v) is 7.85. The van der Waals surface area contributed by atoms with E-state index in [1.165, 1.54) is 12.3 Å². The standard InChI is InChI=1S/C20H17F3N2/c1-14-9-11-16(12-10-14)18(15-6-3-2-4-7-15)25-19-17(20(21,22)23)8-5-13-24-19/h2-13,18H,1H3,(H,24,25). The minimum absolute atomic E-state index is 0.176. The molecule has 0 radical (unpaired) electrons. The maximum Gasteiger partial charge on any atom is 0.419 e. The first-order valence-electron chi connectivity index (χ1n) is 7.85. The van der Waals surface area contributed by atoms with Gasteiger partial charge in [0.15, 0.2) is 0 Å². The summed E-state index contributed by atoms with van der Waals surface area (Å²) in [5.41, 5.74) is 2.05. The van der Waals surface area contributed by atoms with E-state index >= 15 is 0 Å². The van der Waals surface area contributed by atoms with Gasteiger partial charge in [0.1, 0.15) is 5.82 Å². The van der Waals surface area contributed by atoms with Crippen LogP contribution in [0.1, 0.15) is 28.3 Å². The predicted molar refractivity (Wildman–Crippen MR) is 92.3 cm³/mol. The number of nitrogens with zero attached hydrogens (tertiary/aromatic N) is 1. The third-order valence-electron chi connectivity index (χ3n) is 3.94. The highest BCUT2D eigenvalue weighted by atomic mass is 19.4. The van der Waals surface area contributed by atoms with Crippen LogP contribution in [0.4, 0.5) is 19.0 Å². The lowest BCUT2D eigenvalue weighted by Crippen LogP contribution is -2.17. The molecule has 1 unspecified atom stereocenters. The summed E-state index contributed by atoms with van der Waals surface area (Å²) >= 11 is 0. The van der Waals surface area contributed by atoms with Crippen molar-refractivity contribution in [2.75, 3.05) is 5.32 Å². The number of halogens is 3. The number of hydrogen-bond donors (Lipinski definition) is 1. The number of hydrogen-bond acceptors (Lipinski definition) is 2. The van der Waals surface area contributed by atoms with E-state index in [2.05, 4.69) is 10.3 Å². The molecule has 0 saturated heterocycles. The smallest absolute Gasteiger partial charge is 0.359 e. The second kappa shape index (κ2) is 6.97. The van der Waals surface area contributed by atoms with Gasteiger partial charge >= 0.3 is 6.18 Å². The van der Waals surface area contributed by atoms with Crippen molar-refractivity contribution in [1.82, 2.24) is 4.98 Å². The van der Waals surface area contributed by atoms with Crippen molar-refractivity contribution >= 4 is 5.82 Å². The molecular weight excluding hydrogens is 325 g/mol. The van der Waals surface area contributed by atoms with Gasteiger partial charge in [-0.05, 0) is 30.2 Å². The Labute approximate surface area is 144 Å². The summed E-state index contributed by atoms with van der Waals surface area (Å²) in [5.74, 6) is -0.176. The van der Waals surface area contributed by atoms with Crippen molar-refractivity contribution in [2.24, 2.45) is 0 Å². The van der Waals surface area contributed by atoms with E-state index in [1.54, 1.807) is 0 Å². The highest BCUT2D eigenvalue weighted by Crippen LogP contribution is 2.36. The normalized spacial score (nSPS) is 12.6. The van der Waals surface area contributed by atoms with Crippen molar-refractivity contribution in [3.05, 3.63) is 95.2 Å². The fraction of sp³-hybridized carbons (Fsp3) is 0.150. The lowest BCUT2D eigenvalue weighted by Gasteiger charge is -2.22. The van der Waals surface area contributed by atoms with Crippen molar-refractivity contribution in [3.63, 3.8) is 0 Å². The van der Waals surface area contributed by atoms with Crippen LogP contribution in [0.5, 0.6) is 0 Å². The van der Waals surface area contributed by atoms with Crippen LogP contribution in [0.15, 0.2) is 72.9 Å². The number of anilines is 1. The molecule has 1 atom stereocenters. The highest BCUT2D eigenvalue weighted by molar-refractivity contribution is 5.50. The van der Waals surface area contributed by atoms with E-state index in [4.69, 9.17) is 0 Å².